The molecule has 1 amide bonds. The first-order valence-electron chi connectivity index (χ1n) is 8.20. The summed E-state index contributed by atoms with van der Waals surface area (Å²) in [5.74, 6) is -1.35. The summed E-state index contributed by atoms with van der Waals surface area (Å²) in [5, 5.41) is 21.2. The summed E-state index contributed by atoms with van der Waals surface area (Å²) in [6.45, 7) is 5.42. The lowest BCUT2D eigenvalue weighted by molar-refractivity contribution is -0.142. The van der Waals surface area contributed by atoms with Crippen molar-refractivity contribution in [2.75, 3.05) is 6.61 Å². The van der Waals surface area contributed by atoms with Crippen LogP contribution in [0.1, 0.15) is 25.8 Å². The van der Waals surface area contributed by atoms with E-state index in [0.29, 0.717) is 6.42 Å². The van der Waals surface area contributed by atoms with E-state index in [-0.39, 0.29) is 11.8 Å². The SMILES string of the molecule is Cc1cccc2[nH]cc(S[C@H](CC(C)C)C(=O)N[C@H](CO)C(=O)O)c12. The van der Waals surface area contributed by atoms with Gasteiger partial charge in [-0.05, 0) is 30.9 Å². The summed E-state index contributed by atoms with van der Waals surface area (Å²) in [4.78, 5) is 27.8. The van der Waals surface area contributed by atoms with Gasteiger partial charge in [-0.15, -0.1) is 11.8 Å². The van der Waals surface area contributed by atoms with Crippen molar-refractivity contribution in [1.82, 2.24) is 10.3 Å². The van der Waals surface area contributed by atoms with Gasteiger partial charge < -0.3 is 20.5 Å². The average Bonchev–Trinajstić information content (AvgIpc) is 2.95. The number of aliphatic carboxylic acids is 1. The molecule has 6 nitrogen and oxygen atoms in total. The molecule has 0 radical (unpaired) electrons. The van der Waals surface area contributed by atoms with Crippen molar-refractivity contribution >= 4 is 34.5 Å². The first kappa shape index (κ1) is 19.3. The second-order valence-electron chi connectivity index (χ2n) is 6.47. The number of H-pyrrole nitrogens is 1. The fourth-order valence-electron chi connectivity index (χ4n) is 2.66. The molecule has 0 saturated heterocycles. The first-order chi connectivity index (χ1) is 11.8. The van der Waals surface area contributed by atoms with E-state index in [2.05, 4.69) is 10.3 Å². The molecule has 0 unspecified atom stereocenters. The van der Waals surface area contributed by atoms with Gasteiger partial charge in [-0.3, -0.25) is 4.79 Å². The van der Waals surface area contributed by atoms with Crippen molar-refractivity contribution in [3.63, 3.8) is 0 Å². The molecule has 2 rings (SSSR count). The summed E-state index contributed by atoms with van der Waals surface area (Å²) in [5.41, 5.74) is 2.12. The zero-order valence-corrected chi connectivity index (χ0v) is 15.4. The number of aryl methyl sites for hydroxylation is 1. The van der Waals surface area contributed by atoms with Crippen LogP contribution in [0, 0.1) is 12.8 Å². The lowest BCUT2D eigenvalue weighted by Crippen LogP contribution is -2.46. The molecule has 0 bridgehead atoms. The van der Waals surface area contributed by atoms with Gasteiger partial charge in [-0.1, -0.05) is 26.0 Å². The van der Waals surface area contributed by atoms with Crippen molar-refractivity contribution in [2.45, 2.75) is 43.4 Å². The minimum atomic E-state index is -1.28. The van der Waals surface area contributed by atoms with E-state index in [0.717, 1.165) is 21.4 Å². The van der Waals surface area contributed by atoms with Gasteiger partial charge in [-0.25, -0.2) is 4.79 Å². The third kappa shape index (κ3) is 4.76. The van der Waals surface area contributed by atoms with Crippen molar-refractivity contribution in [3.05, 3.63) is 30.0 Å². The third-order valence-corrected chi connectivity index (χ3v) is 5.19. The van der Waals surface area contributed by atoms with Crippen LogP contribution in [-0.4, -0.2) is 45.0 Å². The minimum Gasteiger partial charge on any atom is -0.480 e. The molecule has 1 aromatic heterocycles. The number of nitrogens with one attached hydrogen (secondary N) is 2. The van der Waals surface area contributed by atoms with Crippen LogP contribution in [0.4, 0.5) is 0 Å². The number of rotatable bonds is 8. The monoisotopic (exact) mass is 364 g/mol. The maximum Gasteiger partial charge on any atom is 0.328 e. The molecule has 0 saturated carbocycles. The van der Waals surface area contributed by atoms with Crippen molar-refractivity contribution in [1.29, 1.82) is 0 Å². The van der Waals surface area contributed by atoms with E-state index >= 15 is 0 Å². The molecule has 0 aliphatic rings. The number of hydrogen-bond donors (Lipinski definition) is 4. The lowest BCUT2D eigenvalue weighted by atomic mass is 10.1. The van der Waals surface area contributed by atoms with Gasteiger partial charge in [0.25, 0.3) is 0 Å². The summed E-state index contributed by atoms with van der Waals surface area (Å²) >= 11 is 1.42. The van der Waals surface area contributed by atoms with E-state index in [4.69, 9.17) is 10.2 Å². The number of thioether (sulfide) groups is 1. The van der Waals surface area contributed by atoms with Crippen LogP contribution >= 0.6 is 11.8 Å². The lowest BCUT2D eigenvalue weighted by Gasteiger charge is -2.20. The van der Waals surface area contributed by atoms with Crippen LogP contribution in [-0.2, 0) is 9.59 Å². The number of aromatic amines is 1. The number of aliphatic hydroxyl groups is 1. The topological polar surface area (TPSA) is 102 Å². The smallest absolute Gasteiger partial charge is 0.328 e. The number of benzene rings is 1. The fraction of sp³-hybridized carbons (Fsp3) is 0.444. The Morgan fingerprint density at radius 2 is 2.04 bits per heavy atom. The number of carboxylic acids is 1. The number of carbonyl (C=O) groups is 2. The maximum absolute atomic E-state index is 12.6. The maximum atomic E-state index is 12.6. The molecule has 136 valence electrons. The summed E-state index contributed by atoms with van der Waals surface area (Å²) < 4.78 is 0. The second-order valence-corrected chi connectivity index (χ2v) is 7.71. The first-order valence-corrected chi connectivity index (χ1v) is 9.08. The number of carboxylic acid groups (broad SMARTS) is 1. The number of amides is 1. The van der Waals surface area contributed by atoms with Crippen LogP contribution in [0.2, 0.25) is 0 Å². The third-order valence-electron chi connectivity index (χ3n) is 3.92. The van der Waals surface area contributed by atoms with Crippen LogP contribution in [0.3, 0.4) is 0 Å². The van der Waals surface area contributed by atoms with Crippen LogP contribution < -0.4 is 5.32 Å². The highest BCUT2D eigenvalue weighted by atomic mass is 32.2. The van der Waals surface area contributed by atoms with Gasteiger partial charge in [0, 0.05) is 22.0 Å². The Bertz CT molecular complexity index is 757. The number of hydrogen-bond acceptors (Lipinski definition) is 4. The molecule has 0 fully saturated rings. The predicted molar refractivity (Wildman–Crippen MR) is 98.8 cm³/mol. The highest BCUT2D eigenvalue weighted by molar-refractivity contribution is 8.00. The van der Waals surface area contributed by atoms with Crippen molar-refractivity contribution < 1.29 is 19.8 Å². The van der Waals surface area contributed by atoms with Gasteiger partial charge in [0.2, 0.25) is 5.91 Å². The molecule has 2 atom stereocenters. The number of fused-ring (bicyclic) bond motifs is 1. The van der Waals surface area contributed by atoms with Crippen molar-refractivity contribution in [2.24, 2.45) is 5.92 Å². The molecule has 1 heterocycles. The Morgan fingerprint density at radius 3 is 2.64 bits per heavy atom. The Morgan fingerprint density at radius 1 is 1.32 bits per heavy atom. The average molecular weight is 364 g/mol. The van der Waals surface area contributed by atoms with Gasteiger partial charge in [0.15, 0.2) is 0 Å². The molecular weight excluding hydrogens is 340 g/mol. The van der Waals surface area contributed by atoms with Crippen LogP contribution in [0.15, 0.2) is 29.3 Å². The van der Waals surface area contributed by atoms with E-state index in [1.165, 1.54) is 11.8 Å². The Kier molecular flexibility index (Phi) is 6.50. The fourth-order valence-corrected chi connectivity index (χ4v) is 4.14. The highest BCUT2D eigenvalue weighted by Gasteiger charge is 2.27. The van der Waals surface area contributed by atoms with E-state index in [9.17, 15) is 9.59 Å². The van der Waals surface area contributed by atoms with Crippen LogP contribution in [0.5, 0.6) is 0 Å². The Balaban J connectivity index is 2.25. The van der Waals surface area contributed by atoms with E-state index in [1.807, 2.05) is 45.2 Å². The van der Waals surface area contributed by atoms with E-state index < -0.39 is 23.9 Å². The normalized spacial score (nSPS) is 13.8. The largest absolute Gasteiger partial charge is 0.480 e. The van der Waals surface area contributed by atoms with Gasteiger partial charge in [-0.2, -0.15) is 0 Å². The summed E-state index contributed by atoms with van der Waals surface area (Å²) in [6, 6.07) is 4.69. The molecule has 0 spiro atoms. The van der Waals surface area contributed by atoms with Crippen LogP contribution in [0.25, 0.3) is 10.9 Å². The Hall–Kier alpha value is -1.99. The standard InChI is InChI=1S/C18H24N2O4S/c1-10(2)7-14(17(22)20-13(9-21)18(23)24)25-15-8-19-12-6-4-5-11(3)16(12)15/h4-6,8,10,13-14,19,21H,7,9H2,1-3H3,(H,20,22)(H,23,24)/t13-,14-/m1/s1. The molecule has 0 aliphatic carbocycles. The quantitative estimate of drug-likeness (QED) is 0.539. The summed E-state index contributed by atoms with van der Waals surface area (Å²) in [6.07, 6.45) is 2.48. The minimum absolute atomic E-state index is 0.270. The van der Waals surface area contributed by atoms with Gasteiger partial charge >= 0.3 is 5.97 Å². The molecule has 2 aromatic rings. The van der Waals surface area contributed by atoms with Gasteiger partial charge in [0.1, 0.15) is 6.04 Å². The molecule has 7 heteroatoms. The number of aliphatic hydroxyl groups excluding tert-OH is 1. The molecular formula is C18H24N2O4S. The highest BCUT2D eigenvalue weighted by Crippen LogP contribution is 2.35. The number of aromatic nitrogens is 1. The Labute approximate surface area is 151 Å². The molecule has 0 aliphatic heterocycles. The van der Waals surface area contributed by atoms with E-state index in [1.54, 1.807) is 0 Å². The second kappa shape index (κ2) is 8.40. The van der Waals surface area contributed by atoms with Crippen molar-refractivity contribution in [3.8, 4) is 0 Å². The summed E-state index contributed by atoms with van der Waals surface area (Å²) in [7, 11) is 0. The number of carbonyl (C=O) groups excluding carboxylic acids is 1. The molecule has 1 aromatic carbocycles. The molecule has 4 N–H and O–H groups in total. The zero-order chi connectivity index (χ0) is 18.6. The molecule has 25 heavy (non-hydrogen) atoms. The van der Waals surface area contributed by atoms with Gasteiger partial charge in [0.05, 0.1) is 11.9 Å². The zero-order valence-electron chi connectivity index (χ0n) is 14.6. The predicted octanol–water partition coefficient (Wildman–Crippen LogP) is 2.54.